The number of pyridine rings is 1. The van der Waals surface area contributed by atoms with Crippen LogP contribution in [0.1, 0.15) is 30.2 Å². The molecule has 0 saturated heterocycles. The van der Waals surface area contributed by atoms with Gasteiger partial charge in [0.05, 0.1) is 0 Å². The van der Waals surface area contributed by atoms with Gasteiger partial charge >= 0.3 is 0 Å². The number of aryl methyl sites for hydroxylation is 2. The van der Waals surface area contributed by atoms with Gasteiger partial charge in [0.2, 0.25) is 0 Å². The summed E-state index contributed by atoms with van der Waals surface area (Å²) in [7, 11) is 0. The van der Waals surface area contributed by atoms with Crippen LogP contribution < -0.4 is 5.32 Å². The largest absolute Gasteiger partial charge is 0.314 e. The summed E-state index contributed by atoms with van der Waals surface area (Å²) in [6, 6.07) is 11.4. The van der Waals surface area contributed by atoms with Crippen molar-refractivity contribution in [1.82, 2.24) is 10.3 Å². The molecule has 0 aliphatic rings. The molecule has 1 aromatic heterocycles. The molecule has 3 heteroatoms. The normalized spacial score (nSPS) is 12.3. The molecule has 0 aliphatic heterocycles. The molecule has 112 valence electrons. The molecule has 0 fully saturated rings. The molecular weight excluding hydrogens is 263 g/mol. The molecule has 21 heavy (non-hydrogen) atoms. The van der Waals surface area contributed by atoms with Crippen molar-refractivity contribution in [2.24, 2.45) is 0 Å². The van der Waals surface area contributed by atoms with Gasteiger partial charge in [-0.3, -0.25) is 4.98 Å². The predicted molar refractivity (Wildman–Crippen MR) is 84.9 cm³/mol. The van der Waals surface area contributed by atoms with Crippen molar-refractivity contribution in [3.05, 3.63) is 65.2 Å². The number of halogens is 1. The van der Waals surface area contributed by atoms with E-state index in [4.69, 9.17) is 0 Å². The lowest BCUT2D eigenvalue weighted by molar-refractivity contribution is 0.487. The predicted octanol–water partition coefficient (Wildman–Crippen LogP) is 3.68. The Morgan fingerprint density at radius 2 is 2.10 bits per heavy atom. The molecule has 0 spiro atoms. The highest BCUT2D eigenvalue weighted by Crippen LogP contribution is 2.15. The first-order valence-electron chi connectivity index (χ1n) is 7.57. The average Bonchev–Trinajstić information content (AvgIpc) is 2.50. The lowest BCUT2D eigenvalue weighted by atomic mass is 9.97. The van der Waals surface area contributed by atoms with Gasteiger partial charge in [-0.2, -0.15) is 0 Å². The molecular formula is C18H23FN2. The molecule has 0 radical (unpaired) electrons. The van der Waals surface area contributed by atoms with Crippen LogP contribution in [0.3, 0.4) is 0 Å². The Bertz CT molecular complexity index is 554. The third-order valence-corrected chi connectivity index (χ3v) is 3.75. The van der Waals surface area contributed by atoms with Crippen molar-refractivity contribution in [1.29, 1.82) is 0 Å². The maximum atomic E-state index is 13.4. The average molecular weight is 286 g/mol. The Hall–Kier alpha value is -1.74. The fourth-order valence-electron chi connectivity index (χ4n) is 2.56. The smallest absolute Gasteiger partial charge is 0.123 e. The quantitative estimate of drug-likeness (QED) is 0.840. The van der Waals surface area contributed by atoms with Crippen LogP contribution >= 0.6 is 0 Å². The third kappa shape index (κ3) is 4.94. The second-order valence-corrected chi connectivity index (χ2v) is 5.39. The van der Waals surface area contributed by atoms with Crippen molar-refractivity contribution in [2.75, 3.05) is 6.54 Å². The molecule has 1 N–H and O–H groups in total. The Morgan fingerprint density at radius 3 is 2.81 bits per heavy atom. The standard InChI is InChI=1S/C18H23FN2/c1-3-20-18(10-9-17-6-4-5-11-21-17)13-15-12-16(19)8-7-14(15)2/h4-8,11-12,18,20H,3,9-10,13H2,1-2H3. The minimum absolute atomic E-state index is 0.157. The fourth-order valence-corrected chi connectivity index (χ4v) is 2.56. The lowest BCUT2D eigenvalue weighted by Gasteiger charge is -2.19. The Balaban J connectivity index is 2.00. The van der Waals surface area contributed by atoms with Crippen LogP contribution in [0, 0.1) is 12.7 Å². The Kier molecular flexibility index (Phi) is 5.88. The van der Waals surface area contributed by atoms with Crippen molar-refractivity contribution < 1.29 is 4.39 Å². The zero-order chi connectivity index (χ0) is 15.1. The maximum Gasteiger partial charge on any atom is 0.123 e. The van der Waals surface area contributed by atoms with Crippen molar-refractivity contribution in [3.63, 3.8) is 0 Å². The van der Waals surface area contributed by atoms with Gasteiger partial charge in [-0.05, 0) is 68.1 Å². The fraction of sp³-hybridized carbons (Fsp3) is 0.389. The zero-order valence-electron chi connectivity index (χ0n) is 12.8. The van der Waals surface area contributed by atoms with Gasteiger partial charge in [0.15, 0.2) is 0 Å². The summed E-state index contributed by atoms with van der Waals surface area (Å²) in [5.41, 5.74) is 3.34. The number of nitrogens with one attached hydrogen (secondary N) is 1. The van der Waals surface area contributed by atoms with Crippen LogP contribution in [-0.4, -0.2) is 17.6 Å². The molecule has 1 aromatic carbocycles. The Morgan fingerprint density at radius 1 is 1.24 bits per heavy atom. The minimum atomic E-state index is -0.157. The second kappa shape index (κ2) is 7.89. The van der Waals surface area contributed by atoms with Gasteiger partial charge < -0.3 is 5.32 Å². The van der Waals surface area contributed by atoms with E-state index < -0.39 is 0 Å². The van der Waals surface area contributed by atoms with Crippen LogP contribution in [-0.2, 0) is 12.8 Å². The van der Waals surface area contributed by atoms with E-state index in [1.807, 2.05) is 31.3 Å². The van der Waals surface area contributed by atoms with E-state index in [9.17, 15) is 4.39 Å². The summed E-state index contributed by atoms with van der Waals surface area (Å²) in [5.74, 6) is -0.157. The molecule has 0 bridgehead atoms. The summed E-state index contributed by atoms with van der Waals surface area (Å²) in [4.78, 5) is 4.36. The van der Waals surface area contributed by atoms with Crippen molar-refractivity contribution >= 4 is 0 Å². The molecule has 1 unspecified atom stereocenters. The van der Waals surface area contributed by atoms with E-state index in [0.29, 0.717) is 6.04 Å². The van der Waals surface area contributed by atoms with Gasteiger partial charge in [-0.25, -0.2) is 4.39 Å². The van der Waals surface area contributed by atoms with E-state index in [-0.39, 0.29) is 5.82 Å². The van der Waals surface area contributed by atoms with Crippen molar-refractivity contribution in [3.8, 4) is 0 Å². The SMILES string of the molecule is CCNC(CCc1ccccn1)Cc1cc(F)ccc1C. The van der Waals surface area contributed by atoms with E-state index in [1.54, 1.807) is 6.07 Å². The summed E-state index contributed by atoms with van der Waals surface area (Å²) < 4.78 is 13.4. The molecule has 0 amide bonds. The molecule has 0 aliphatic carbocycles. The highest BCUT2D eigenvalue weighted by atomic mass is 19.1. The summed E-state index contributed by atoms with van der Waals surface area (Å²) in [6.45, 7) is 5.06. The van der Waals surface area contributed by atoms with E-state index in [2.05, 4.69) is 23.3 Å². The molecule has 2 rings (SSSR count). The topological polar surface area (TPSA) is 24.9 Å². The second-order valence-electron chi connectivity index (χ2n) is 5.39. The zero-order valence-corrected chi connectivity index (χ0v) is 12.8. The van der Waals surface area contributed by atoms with Gasteiger partial charge in [0, 0.05) is 17.9 Å². The van der Waals surface area contributed by atoms with Crippen LogP contribution in [0.2, 0.25) is 0 Å². The number of benzene rings is 1. The third-order valence-electron chi connectivity index (χ3n) is 3.75. The number of nitrogens with zero attached hydrogens (tertiary/aromatic N) is 1. The number of likely N-dealkylation sites (N-methyl/N-ethyl adjacent to an activating group) is 1. The van der Waals surface area contributed by atoms with E-state index in [0.717, 1.165) is 42.6 Å². The molecule has 0 saturated carbocycles. The first-order chi connectivity index (χ1) is 10.2. The minimum Gasteiger partial charge on any atom is -0.314 e. The van der Waals surface area contributed by atoms with Crippen molar-refractivity contribution in [2.45, 2.75) is 39.2 Å². The summed E-state index contributed by atoms with van der Waals surface area (Å²) in [6.07, 6.45) is 4.62. The van der Waals surface area contributed by atoms with Gasteiger partial charge in [-0.15, -0.1) is 0 Å². The van der Waals surface area contributed by atoms with Crippen LogP contribution in [0.4, 0.5) is 4.39 Å². The molecule has 1 heterocycles. The van der Waals surface area contributed by atoms with E-state index >= 15 is 0 Å². The summed E-state index contributed by atoms with van der Waals surface area (Å²) >= 11 is 0. The highest BCUT2D eigenvalue weighted by Gasteiger charge is 2.11. The van der Waals surface area contributed by atoms with Crippen LogP contribution in [0.25, 0.3) is 0 Å². The highest BCUT2D eigenvalue weighted by molar-refractivity contribution is 5.27. The monoisotopic (exact) mass is 286 g/mol. The van der Waals surface area contributed by atoms with Crippen LogP contribution in [0.5, 0.6) is 0 Å². The number of hydrogen-bond acceptors (Lipinski definition) is 2. The molecule has 2 nitrogen and oxygen atoms in total. The lowest BCUT2D eigenvalue weighted by Crippen LogP contribution is -2.31. The summed E-state index contributed by atoms with van der Waals surface area (Å²) in [5, 5.41) is 3.50. The van der Waals surface area contributed by atoms with Crippen LogP contribution in [0.15, 0.2) is 42.6 Å². The first kappa shape index (κ1) is 15.6. The maximum absolute atomic E-state index is 13.4. The van der Waals surface area contributed by atoms with Gasteiger partial charge in [0.25, 0.3) is 0 Å². The van der Waals surface area contributed by atoms with E-state index in [1.165, 1.54) is 6.07 Å². The Labute approximate surface area is 126 Å². The van der Waals surface area contributed by atoms with Gasteiger partial charge in [-0.1, -0.05) is 19.1 Å². The first-order valence-corrected chi connectivity index (χ1v) is 7.57. The number of rotatable bonds is 7. The van der Waals surface area contributed by atoms with Gasteiger partial charge in [0.1, 0.15) is 5.82 Å². The molecule has 2 aromatic rings. The number of aromatic nitrogens is 1. The molecule has 1 atom stereocenters. The number of hydrogen-bond donors (Lipinski definition) is 1.